The quantitative estimate of drug-likeness (QED) is 0.799. The maximum Gasteiger partial charge on any atom is 0.192 e. The molecule has 0 unspecified atom stereocenters. The van der Waals surface area contributed by atoms with E-state index >= 15 is 0 Å². The molecule has 1 N–H and O–H groups in total. The van der Waals surface area contributed by atoms with Crippen molar-refractivity contribution >= 4 is 27.0 Å². The van der Waals surface area contributed by atoms with Crippen LogP contribution < -0.4 is 0 Å². The van der Waals surface area contributed by atoms with Crippen LogP contribution in [0.15, 0.2) is 27.2 Å². The fourth-order valence-electron chi connectivity index (χ4n) is 2.33. The molecule has 0 spiro atoms. The number of halogens is 1. The van der Waals surface area contributed by atoms with Crippen molar-refractivity contribution in [2.45, 2.75) is 13.3 Å². The van der Waals surface area contributed by atoms with E-state index in [1.807, 2.05) is 36.7 Å². The normalized spacial score (nSPS) is 11.4. The Morgan fingerprint density at radius 3 is 2.90 bits per heavy atom. The van der Waals surface area contributed by atoms with Gasteiger partial charge in [-0.25, -0.2) is 9.97 Å². The monoisotopic (exact) mass is 335 g/mol. The topological polar surface area (TPSA) is 64.1 Å². The molecule has 0 saturated heterocycles. The van der Waals surface area contributed by atoms with Gasteiger partial charge in [0.2, 0.25) is 0 Å². The molecule has 0 bridgehead atoms. The number of fused-ring (bicyclic) bond motifs is 1. The van der Waals surface area contributed by atoms with Gasteiger partial charge in [0, 0.05) is 26.0 Å². The summed E-state index contributed by atoms with van der Waals surface area (Å²) in [5, 5.41) is 9.07. The van der Waals surface area contributed by atoms with Crippen LogP contribution in [0.25, 0.3) is 22.4 Å². The Balaban J connectivity index is 2.14. The fraction of sp³-hybridized carbons (Fsp3) is 0.286. The second-order valence-electron chi connectivity index (χ2n) is 4.62. The van der Waals surface area contributed by atoms with Crippen LogP contribution in [0, 0.1) is 6.92 Å². The summed E-state index contributed by atoms with van der Waals surface area (Å²) in [5.74, 6) is 1.49. The lowest BCUT2D eigenvalue weighted by molar-refractivity contribution is 0.295. The first-order valence-electron chi connectivity index (χ1n) is 6.29. The zero-order valence-electron chi connectivity index (χ0n) is 11.2. The van der Waals surface area contributed by atoms with E-state index in [0.717, 1.165) is 32.8 Å². The minimum atomic E-state index is 0.0804. The summed E-state index contributed by atoms with van der Waals surface area (Å²) in [5.41, 5.74) is 3.57. The second-order valence-corrected chi connectivity index (χ2v) is 5.37. The predicted octanol–water partition coefficient (Wildman–Crippen LogP) is 2.83. The molecule has 0 atom stereocenters. The Labute approximate surface area is 124 Å². The van der Waals surface area contributed by atoms with Crippen LogP contribution in [-0.2, 0) is 13.5 Å². The SMILES string of the molecule is Cc1nc2ccc(-c3c(Br)nc(CCO)n3C)cc2o1. The highest BCUT2D eigenvalue weighted by molar-refractivity contribution is 9.10. The van der Waals surface area contributed by atoms with Crippen molar-refractivity contribution in [2.24, 2.45) is 7.05 Å². The lowest BCUT2D eigenvalue weighted by atomic mass is 10.1. The minimum absolute atomic E-state index is 0.0804. The predicted molar refractivity (Wildman–Crippen MR) is 79.4 cm³/mol. The summed E-state index contributed by atoms with van der Waals surface area (Å²) in [7, 11) is 1.94. The second kappa shape index (κ2) is 5.03. The number of nitrogens with zero attached hydrogens (tertiary/aromatic N) is 3. The lowest BCUT2D eigenvalue weighted by Gasteiger charge is -2.05. The van der Waals surface area contributed by atoms with Gasteiger partial charge in [-0.05, 0) is 28.1 Å². The highest BCUT2D eigenvalue weighted by Crippen LogP contribution is 2.31. The number of aliphatic hydroxyl groups excluding tert-OH is 1. The third-order valence-corrected chi connectivity index (χ3v) is 3.80. The summed E-state index contributed by atoms with van der Waals surface area (Å²) in [4.78, 5) is 8.73. The number of rotatable bonds is 3. The van der Waals surface area contributed by atoms with Gasteiger partial charge in [-0.2, -0.15) is 0 Å². The smallest absolute Gasteiger partial charge is 0.192 e. The third-order valence-electron chi connectivity index (χ3n) is 3.25. The summed E-state index contributed by atoms with van der Waals surface area (Å²) in [6.45, 7) is 1.91. The molecule has 6 heteroatoms. The van der Waals surface area contributed by atoms with E-state index in [1.54, 1.807) is 0 Å². The average molecular weight is 336 g/mol. The van der Waals surface area contributed by atoms with Crippen molar-refractivity contribution in [3.05, 3.63) is 34.5 Å². The molecule has 5 nitrogen and oxygen atoms in total. The molecule has 20 heavy (non-hydrogen) atoms. The Morgan fingerprint density at radius 2 is 2.15 bits per heavy atom. The molecular formula is C14H14BrN3O2. The molecule has 104 valence electrons. The number of hydrogen-bond donors (Lipinski definition) is 1. The molecule has 0 saturated carbocycles. The van der Waals surface area contributed by atoms with Crippen LogP contribution in [0.1, 0.15) is 11.7 Å². The number of aliphatic hydroxyl groups is 1. The number of benzene rings is 1. The molecule has 0 amide bonds. The molecule has 1 aromatic carbocycles. The highest BCUT2D eigenvalue weighted by atomic mass is 79.9. The molecule has 0 aliphatic rings. The maximum absolute atomic E-state index is 9.07. The van der Waals surface area contributed by atoms with Crippen LogP contribution in [0.4, 0.5) is 0 Å². The lowest BCUT2D eigenvalue weighted by Crippen LogP contribution is -2.02. The van der Waals surface area contributed by atoms with Crippen LogP contribution in [-0.4, -0.2) is 26.2 Å². The molecule has 3 aromatic rings. The molecule has 0 fully saturated rings. The van der Waals surface area contributed by atoms with Crippen molar-refractivity contribution in [3.63, 3.8) is 0 Å². The van der Waals surface area contributed by atoms with E-state index in [4.69, 9.17) is 9.52 Å². The summed E-state index contributed by atoms with van der Waals surface area (Å²) in [6, 6.07) is 5.89. The average Bonchev–Trinajstić information content (AvgIpc) is 2.89. The van der Waals surface area contributed by atoms with Gasteiger partial charge in [-0.15, -0.1) is 0 Å². The highest BCUT2D eigenvalue weighted by Gasteiger charge is 2.15. The molecule has 2 heterocycles. The zero-order chi connectivity index (χ0) is 14.3. The van der Waals surface area contributed by atoms with Crippen LogP contribution >= 0.6 is 15.9 Å². The van der Waals surface area contributed by atoms with Gasteiger partial charge < -0.3 is 14.1 Å². The number of aryl methyl sites for hydroxylation is 1. The van der Waals surface area contributed by atoms with Gasteiger partial charge in [0.05, 0.1) is 12.3 Å². The molecule has 2 aromatic heterocycles. The molecule has 3 rings (SSSR count). The molecule has 0 radical (unpaired) electrons. The third kappa shape index (κ3) is 2.14. The van der Waals surface area contributed by atoms with Crippen LogP contribution in [0.3, 0.4) is 0 Å². The van der Waals surface area contributed by atoms with E-state index in [0.29, 0.717) is 12.3 Å². The molecular weight excluding hydrogens is 322 g/mol. The van der Waals surface area contributed by atoms with Crippen molar-refractivity contribution in [1.82, 2.24) is 14.5 Å². The first-order valence-corrected chi connectivity index (χ1v) is 7.09. The molecule has 0 aliphatic heterocycles. The Kier molecular flexibility index (Phi) is 3.35. The van der Waals surface area contributed by atoms with Gasteiger partial charge in [0.15, 0.2) is 11.5 Å². The summed E-state index contributed by atoms with van der Waals surface area (Å²) < 4.78 is 8.31. The number of imidazole rings is 1. The van der Waals surface area contributed by atoms with Crippen molar-refractivity contribution in [1.29, 1.82) is 0 Å². The van der Waals surface area contributed by atoms with Gasteiger partial charge in [0.25, 0.3) is 0 Å². The maximum atomic E-state index is 9.07. The van der Waals surface area contributed by atoms with Gasteiger partial charge in [-0.1, -0.05) is 6.07 Å². The van der Waals surface area contributed by atoms with Crippen molar-refractivity contribution < 1.29 is 9.52 Å². The Morgan fingerprint density at radius 1 is 1.35 bits per heavy atom. The summed E-state index contributed by atoms with van der Waals surface area (Å²) in [6.07, 6.45) is 0.527. The number of oxazole rings is 1. The van der Waals surface area contributed by atoms with Crippen molar-refractivity contribution in [2.75, 3.05) is 6.61 Å². The largest absolute Gasteiger partial charge is 0.441 e. The first kappa shape index (κ1) is 13.3. The van der Waals surface area contributed by atoms with E-state index in [-0.39, 0.29) is 6.61 Å². The minimum Gasteiger partial charge on any atom is -0.441 e. The van der Waals surface area contributed by atoms with Crippen LogP contribution in [0.2, 0.25) is 0 Å². The first-order chi connectivity index (χ1) is 9.60. The van der Waals surface area contributed by atoms with E-state index in [1.165, 1.54) is 0 Å². The van der Waals surface area contributed by atoms with E-state index in [2.05, 4.69) is 25.9 Å². The number of hydrogen-bond acceptors (Lipinski definition) is 4. The Hall–Kier alpha value is -1.66. The van der Waals surface area contributed by atoms with E-state index < -0.39 is 0 Å². The fourth-order valence-corrected chi connectivity index (χ4v) is 3.03. The number of aromatic nitrogens is 3. The zero-order valence-corrected chi connectivity index (χ0v) is 12.8. The standard InChI is InChI=1S/C14H14BrN3O2/c1-8-16-10-4-3-9(7-11(10)20-8)13-14(15)17-12(5-6-19)18(13)2/h3-4,7,19H,5-6H2,1-2H3. The van der Waals surface area contributed by atoms with Crippen LogP contribution in [0.5, 0.6) is 0 Å². The van der Waals surface area contributed by atoms with Gasteiger partial charge >= 0.3 is 0 Å². The van der Waals surface area contributed by atoms with Gasteiger partial charge in [-0.3, -0.25) is 0 Å². The Bertz CT molecular complexity index is 776. The summed E-state index contributed by atoms with van der Waals surface area (Å²) >= 11 is 3.48. The van der Waals surface area contributed by atoms with Crippen molar-refractivity contribution in [3.8, 4) is 11.3 Å². The van der Waals surface area contributed by atoms with Gasteiger partial charge in [0.1, 0.15) is 15.9 Å². The van der Waals surface area contributed by atoms with E-state index in [9.17, 15) is 0 Å². The molecule has 0 aliphatic carbocycles.